The van der Waals surface area contributed by atoms with E-state index in [-0.39, 0.29) is 11.6 Å². The van der Waals surface area contributed by atoms with Gasteiger partial charge in [0.2, 0.25) is 0 Å². The van der Waals surface area contributed by atoms with E-state index in [1.54, 1.807) is 4.68 Å². The summed E-state index contributed by atoms with van der Waals surface area (Å²) in [7, 11) is 0. The van der Waals surface area contributed by atoms with Gasteiger partial charge in [0.1, 0.15) is 11.6 Å². The van der Waals surface area contributed by atoms with Crippen molar-refractivity contribution < 1.29 is 18.2 Å². The molecule has 33 heavy (non-hydrogen) atoms. The number of hydrogen-bond donors (Lipinski definition) is 3. The molecule has 0 amide bonds. The van der Waals surface area contributed by atoms with Crippen LogP contribution in [-0.2, 0) is 6.42 Å². The lowest BCUT2D eigenvalue weighted by molar-refractivity contribution is -0.618. The van der Waals surface area contributed by atoms with E-state index in [4.69, 9.17) is 10.5 Å². The van der Waals surface area contributed by atoms with Crippen LogP contribution < -0.4 is 20.5 Å². The van der Waals surface area contributed by atoms with Crippen molar-refractivity contribution in [2.45, 2.75) is 25.2 Å². The van der Waals surface area contributed by atoms with Gasteiger partial charge in [0, 0.05) is 23.6 Å². The zero-order valence-electron chi connectivity index (χ0n) is 18.0. The summed E-state index contributed by atoms with van der Waals surface area (Å²) in [5, 5.41) is 6.73. The van der Waals surface area contributed by atoms with Crippen molar-refractivity contribution in [1.82, 2.24) is 10.4 Å². The molecule has 3 aromatic rings. The van der Waals surface area contributed by atoms with Crippen LogP contribution in [0.5, 0.6) is 5.75 Å². The molecule has 0 unspecified atom stereocenters. The molecule has 0 saturated carbocycles. The van der Waals surface area contributed by atoms with Crippen LogP contribution in [0.1, 0.15) is 29.9 Å². The average Bonchev–Trinajstić information content (AvgIpc) is 3.17. The van der Waals surface area contributed by atoms with Crippen molar-refractivity contribution >= 4 is 18.0 Å². The highest BCUT2D eigenvalue weighted by Gasteiger charge is 2.25. The van der Waals surface area contributed by atoms with Crippen LogP contribution in [0.2, 0.25) is 0 Å². The molecule has 7 nitrogen and oxygen atoms in total. The molecule has 1 saturated heterocycles. The minimum absolute atomic E-state index is 0.0359. The number of aromatic amines is 1. The zero-order chi connectivity index (χ0) is 22.8. The normalized spacial score (nSPS) is 16.8. The summed E-state index contributed by atoms with van der Waals surface area (Å²) in [6, 6.07) is 9.58. The largest absolute Gasteiger partial charge is 0.493 e. The topological polar surface area (TPSA) is 91.7 Å². The Balaban J connectivity index is 1.56. The number of nitrogens with zero attached hydrogens (tertiary/aromatic N) is 3. The molecule has 4 N–H and O–H groups in total. The molecule has 0 radical (unpaired) electrons. The van der Waals surface area contributed by atoms with E-state index in [9.17, 15) is 8.78 Å². The second kappa shape index (κ2) is 9.11. The van der Waals surface area contributed by atoms with Crippen LogP contribution in [-0.4, -0.2) is 37.1 Å². The first-order valence-electron chi connectivity index (χ1n) is 11.0. The predicted octanol–water partition coefficient (Wildman–Crippen LogP) is 3.17. The summed E-state index contributed by atoms with van der Waals surface area (Å²) in [6.45, 7) is 2.56. The molecule has 1 fully saturated rings. The smallest absolute Gasteiger partial charge is 0.457 e. The van der Waals surface area contributed by atoms with Gasteiger partial charge in [0.25, 0.3) is 0 Å². The quantitative estimate of drug-likeness (QED) is 0.318. The Morgan fingerprint density at radius 2 is 2.00 bits per heavy atom. The number of H-pyrrole nitrogens is 1. The molecule has 0 atom stereocenters. The highest BCUT2D eigenvalue weighted by molar-refractivity contribution is 5.82. The van der Waals surface area contributed by atoms with Crippen LogP contribution in [0.4, 0.5) is 14.5 Å². The molecule has 2 aliphatic rings. The highest BCUT2D eigenvalue weighted by atomic mass is 19.1. The Morgan fingerprint density at radius 3 is 2.79 bits per heavy atom. The number of nitrogens with two attached hydrogens (primary N) is 1. The third-order valence-electron chi connectivity index (χ3n) is 6.09. The van der Waals surface area contributed by atoms with Crippen LogP contribution in [0, 0.1) is 11.6 Å². The van der Waals surface area contributed by atoms with Crippen LogP contribution in [0.25, 0.3) is 11.3 Å². The van der Waals surface area contributed by atoms with E-state index >= 15 is 0 Å². The van der Waals surface area contributed by atoms with Crippen LogP contribution in [0.15, 0.2) is 52.6 Å². The molecule has 9 heteroatoms. The summed E-state index contributed by atoms with van der Waals surface area (Å²) in [5.74, 6) is -0.000771. The number of fused-ring (bicyclic) bond motifs is 3. The van der Waals surface area contributed by atoms with Gasteiger partial charge < -0.3 is 15.8 Å². The Labute approximate surface area is 190 Å². The first kappa shape index (κ1) is 21.3. The van der Waals surface area contributed by atoms with Gasteiger partial charge >= 0.3 is 5.96 Å². The number of hydrogen-bond acceptors (Lipinski definition) is 3. The Hall–Kier alpha value is -3.59. The van der Waals surface area contributed by atoms with E-state index in [1.807, 2.05) is 12.3 Å². The second-order valence-corrected chi connectivity index (χ2v) is 8.18. The number of aliphatic imine (C=N–C) groups is 2. The molecule has 3 heterocycles. The summed E-state index contributed by atoms with van der Waals surface area (Å²) in [6.07, 6.45) is 5.83. The van der Waals surface area contributed by atoms with Gasteiger partial charge in [-0.15, -0.1) is 4.68 Å². The number of ether oxygens (including phenoxy) is 1. The number of nitrogens with one attached hydrogen (secondary N) is 2. The van der Waals surface area contributed by atoms with Crippen molar-refractivity contribution in [3.63, 3.8) is 0 Å². The number of piperidine rings is 1. The third kappa shape index (κ3) is 4.36. The van der Waals surface area contributed by atoms with Crippen LogP contribution >= 0.6 is 0 Å². The molecule has 2 aromatic carbocycles. The zero-order valence-corrected chi connectivity index (χ0v) is 18.0. The maximum Gasteiger partial charge on any atom is 0.457 e. The van der Waals surface area contributed by atoms with Gasteiger partial charge in [-0.25, -0.2) is 13.9 Å². The standard InChI is InChI=1S/C24H24F2N6O/c25-18-2-3-21(20(26)12-18)30-24(29-14-27)32-13-17-7-10-33-22-4-1-16(11-19(22)23(17)31-32)15-5-8-28-9-6-15/h1-4,11-15,28H,5-10H2,(H2,27,29,30)/p+1. The van der Waals surface area contributed by atoms with E-state index in [1.165, 1.54) is 11.6 Å². The molecular formula is C24H25F2N6O+. The van der Waals surface area contributed by atoms with Gasteiger partial charge in [-0.2, -0.15) is 0 Å². The van der Waals surface area contributed by atoms with E-state index in [2.05, 4.69) is 32.5 Å². The molecule has 0 spiro atoms. The fourth-order valence-corrected chi connectivity index (χ4v) is 4.42. The predicted molar refractivity (Wildman–Crippen MR) is 122 cm³/mol. The SMILES string of the molecule is NC=NC(=Nc1ccc(F)cc1F)[n+]1cc2c([nH]1)-c1cc(C3CCNCC3)ccc1OCC2. The molecule has 170 valence electrons. The van der Waals surface area contributed by atoms with Gasteiger partial charge in [-0.1, -0.05) is 16.1 Å². The monoisotopic (exact) mass is 451 g/mol. The fraction of sp³-hybridized carbons (Fsp3) is 0.292. The maximum atomic E-state index is 14.2. The van der Waals surface area contributed by atoms with E-state index < -0.39 is 11.6 Å². The highest BCUT2D eigenvalue weighted by Crippen LogP contribution is 2.37. The minimum Gasteiger partial charge on any atom is -0.493 e. The fourth-order valence-electron chi connectivity index (χ4n) is 4.42. The van der Waals surface area contributed by atoms with Crippen LogP contribution in [0.3, 0.4) is 0 Å². The number of halogens is 2. The summed E-state index contributed by atoms with van der Waals surface area (Å²) >= 11 is 0. The van der Waals surface area contributed by atoms with Crippen molar-refractivity contribution in [3.8, 4) is 17.0 Å². The lowest BCUT2D eigenvalue weighted by Crippen LogP contribution is -2.43. The molecule has 1 aromatic heterocycles. The van der Waals surface area contributed by atoms with Gasteiger partial charge in [-0.3, -0.25) is 0 Å². The Bertz CT molecular complexity index is 1230. The van der Waals surface area contributed by atoms with Crippen molar-refractivity contribution in [3.05, 3.63) is 65.4 Å². The number of benzene rings is 2. The Morgan fingerprint density at radius 1 is 1.15 bits per heavy atom. The molecule has 0 bridgehead atoms. The average molecular weight is 452 g/mol. The lowest BCUT2D eigenvalue weighted by atomic mass is 9.88. The van der Waals surface area contributed by atoms with E-state index in [0.29, 0.717) is 18.9 Å². The van der Waals surface area contributed by atoms with Gasteiger partial charge in [0.05, 0.1) is 18.5 Å². The van der Waals surface area contributed by atoms with Crippen molar-refractivity contribution in [2.24, 2.45) is 15.7 Å². The first-order valence-corrected chi connectivity index (χ1v) is 11.0. The van der Waals surface area contributed by atoms with Crippen molar-refractivity contribution in [2.75, 3.05) is 19.7 Å². The molecule has 5 rings (SSSR count). The van der Waals surface area contributed by atoms with Crippen molar-refractivity contribution in [1.29, 1.82) is 0 Å². The number of rotatable bonds is 2. The molecule has 2 aliphatic heterocycles. The van der Waals surface area contributed by atoms with Gasteiger partial charge in [-0.05, 0) is 61.7 Å². The maximum absolute atomic E-state index is 14.2. The first-order chi connectivity index (χ1) is 16.1. The molecular weight excluding hydrogens is 426 g/mol. The Kier molecular flexibility index (Phi) is 5.87. The molecule has 0 aliphatic carbocycles. The second-order valence-electron chi connectivity index (χ2n) is 8.18. The third-order valence-corrected chi connectivity index (χ3v) is 6.09. The minimum atomic E-state index is -0.779. The van der Waals surface area contributed by atoms with E-state index in [0.717, 1.165) is 67.0 Å². The summed E-state index contributed by atoms with van der Waals surface area (Å²) in [5.41, 5.74) is 9.68. The lowest BCUT2D eigenvalue weighted by Gasteiger charge is -2.23. The summed E-state index contributed by atoms with van der Waals surface area (Å²) < 4.78 is 35.1. The number of aromatic nitrogens is 2. The van der Waals surface area contributed by atoms with Gasteiger partial charge in [0.15, 0.2) is 17.8 Å². The summed E-state index contributed by atoms with van der Waals surface area (Å²) in [4.78, 5) is 8.37.